The van der Waals surface area contributed by atoms with Crippen LogP contribution in [0.4, 0.5) is 0 Å². The Morgan fingerprint density at radius 2 is 1.05 bits per heavy atom. The first-order valence-electron chi connectivity index (χ1n) is 9.34. The van der Waals surface area contributed by atoms with Crippen LogP contribution in [0.3, 0.4) is 0 Å². The van der Waals surface area contributed by atoms with Gasteiger partial charge in [-0.05, 0) is 18.8 Å². The van der Waals surface area contributed by atoms with Crippen molar-refractivity contribution in [2.24, 2.45) is 5.92 Å². The van der Waals surface area contributed by atoms with Crippen molar-refractivity contribution in [2.45, 2.75) is 83.5 Å². The van der Waals surface area contributed by atoms with Crippen molar-refractivity contribution in [2.75, 3.05) is 19.8 Å². The Kier molecular flexibility index (Phi) is 18.3. The maximum absolute atomic E-state index is 9.20. The van der Waals surface area contributed by atoms with Gasteiger partial charge in [-0.15, -0.1) is 0 Å². The largest absolute Gasteiger partial charge is 0.396 e. The lowest BCUT2D eigenvalue weighted by molar-refractivity contribution is 0.242. The van der Waals surface area contributed by atoms with Crippen LogP contribution >= 0.6 is 0 Å². The molecule has 3 nitrogen and oxygen atoms in total. The second-order valence-corrected chi connectivity index (χ2v) is 6.31. The van der Waals surface area contributed by atoms with Gasteiger partial charge in [-0.25, -0.2) is 0 Å². The average Bonchev–Trinajstić information content (AvgIpc) is 2.54. The van der Waals surface area contributed by atoms with E-state index in [9.17, 15) is 5.11 Å². The van der Waals surface area contributed by atoms with Gasteiger partial charge in [-0.3, -0.25) is 0 Å². The van der Waals surface area contributed by atoms with E-state index in [1.165, 1.54) is 70.6 Å². The highest BCUT2D eigenvalue weighted by molar-refractivity contribution is 4.87. The lowest BCUT2D eigenvalue weighted by atomic mass is 10.00. The Hall–Kier alpha value is -0.380. The van der Waals surface area contributed by atoms with Crippen LogP contribution in [0, 0.1) is 5.92 Å². The molecule has 1 unspecified atom stereocenters. The van der Waals surface area contributed by atoms with Crippen LogP contribution in [0.25, 0.3) is 0 Å². The van der Waals surface area contributed by atoms with E-state index >= 15 is 0 Å². The van der Waals surface area contributed by atoms with E-state index < -0.39 is 0 Å². The molecule has 0 heterocycles. The molecule has 0 saturated heterocycles. The Morgan fingerprint density at radius 1 is 0.591 bits per heavy atom. The van der Waals surface area contributed by atoms with E-state index in [-0.39, 0.29) is 19.1 Å². The van der Waals surface area contributed by atoms with Crippen LogP contribution in [0.1, 0.15) is 83.5 Å². The molecule has 0 aromatic heterocycles. The molecular formula is C19H38O3. The molecule has 0 aliphatic heterocycles. The summed E-state index contributed by atoms with van der Waals surface area (Å²) in [5.41, 5.74) is 0. The summed E-state index contributed by atoms with van der Waals surface area (Å²) in [7, 11) is 0. The number of hydrogen-bond acceptors (Lipinski definition) is 3. The molecule has 3 N–H and O–H groups in total. The molecule has 0 rings (SSSR count). The fraction of sp³-hybridized carbons (Fsp3) is 0.895. The maximum atomic E-state index is 9.20. The fourth-order valence-corrected chi connectivity index (χ4v) is 2.79. The standard InChI is InChI=1S/C19H38O3/c20-16-12-10-8-6-4-2-1-3-5-7-9-11-14-19(18-22)15-13-17-21/h13,15,19-22H,1-12,14,16-18H2. The second-order valence-electron chi connectivity index (χ2n) is 6.31. The van der Waals surface area contributed by atoms with Gasteiger partial charge in [0.05, 0.1) is 6.61 Å². The third-order valence-corrected chi connectivity index (χ3v) is 4.23. The summed E-state index contributed by atoms with van der Waals surface area (Å²) in [4.78, 5) is 0. The summed E-state index contributed by atoms with van der Waals surface area (Å²) in [6.07, 6.45) is 19.9. The zero-order chi connectivity index (χ0) is 16.3. The molecule has 0 amide bonds. The number of aliphatic hydroxyl groups excluding tert-OH is 3. The van der Waals surface area contributed by atoms with Crippen molar-refractivity contribution < 1.29 is 15.3 Å². The van der Waals surface area contributed by atoms with Crippen LogP contribution in [0.2, 0.25) is 0 Å². The maximum Gasteiger partial charge on any atom is 0.0612 e. The predicted octanol–water partition coefficient (Wildman–Crippen LogP) is 4.21. The predicted molar refractivity (Wildman–Crippen MR) is 93.9 cm³/mol. The van der Waals surface area contributed by atoms with Gasteiger partial charge in [-0.1, -0.05) is 82.8 Å². The van der Waals surface area contributed by atoms with Crippen LogP contribution in [0.15, 0.2) is 12.2 Å². The second kappa shape index (κ2) is 18.7. The van der Waals surface area contributed by atoms with E-state index in [0.717, 1.165) is 12.8 Å². The summed E-state index contributed by atoms with van der Waals surface area (Å²) >= 11 is 0. The minimum absolute atomic E-state index is 0.0674. The molecular weight excluding hydrogens is 276 g/mol. The highest BCUT2D eigenvalue weighted by Gasteiger charge is 2.02. The first-order valence-corrected chi connectivity index (χ1v) is 9.34. The van der Waals surface area contributed by atoms with Crippen molar-refractivity contribution in [3.63, 3.8) is 0 Å². The van der Waals surface area contributed by atoms with Gasteiger partial charge < -0.3 is 15.3 Å². The van der Waals surface area contributed by atoms with Crippen LogP contribution in [-0.2, 0) is 0 Å². The topological polar surface area (TPSA) is 60.7 Å². The first kappa shape index (κ1) is 21.6. The first-order chi connectivity index (χ1) is 10.8. The van der Waals surface area contributed by atoms with Gasteiger partial charge in [0.15, 0.2) is 0 Å². The Bertz CT molecular complexity index is 229. The van der Waals surface area contributed by atoms with Crippen LogP contribution < -0.4 is 0 Å². The van der Waals surface area contributed by atoms with E-state index in [1.807, 2.05) is 6.08 Å². The van der Waals surface area contributed by atoms with Gasteiger partial charge in [0.2, 0.25) is 0 Å². The van der Waals surface area contributed by atoms with Crippen LogP contribution in [0.5, 0.6) is 0 Å². The molecule has 0 aromatic carbocycles. The molecule has 0 saturated carbocycles. The minimum atomic E-state index is 0.0674. The normalized spacial score (nSPS) is 13.0. The Balaban J connectivity index is 3.18. The van der Waals surface area contributed by atoms with Gasteiger partial charge in [0.1, 0.15) is 0 Å². The summed E-state index contributed by atoms with van der Waals surface area (Å²) < 4.78 is 0. The molecule has 0 aliphatic rings. The van der Waals surface area contributed by atoms with Crippen molar-refractivity contribution in [1.29, 1.82) is 0 Å². The van der Waals surface area contributed by atoms with Crippen molar-refractivity contribution >= 4 is 0 Å². The summed E-state index contributed by atoms with van der Waals surface area (Å²) in [6, 6.07) is 0. The molecule has 0 radical (unpaired) electrons. The molecule has 0 aromatic rings. The molecule has 1 atom stereocenters. The molecule has 3 heteroatoms. The SMILES string of the molecule is OCC=CC(CO)CCCCCCCCCCCCCCO. The van der Waals surface area contributed by atoms with Crippen LogP contribution in [-0.4, -0.2) is 35.1 Å². The van der Waals surface area contributed by atoms with Gasteiger partial charge >= 0.3 is 0 Å². The number of unbranched alkanes of at least 4 members (excludes halogenated alkanes) is 11. The number of aliphatic hydroxyl groups is 3. The molecule has 0 aliphatic carbocycles. The third kappa shape index (κ3) is 16.0. The smallest absolute Gasteiger partial charge is 0.0612 e. The third-order valence-electron chi connectivity index (χ3n) is 4.23. The van der Waals surface area contributed by atoms with Crippen molar-refractivity contribution in [3.8, 4) is 0 Å². The minimum Gasteiger partial charge on any atom is -0.396 e. The summed E-state index contributed by atoms with van der Waals surface area (Å²) in [6.45, 7) is 0.601. The fourth-order valence-electron chi connectivity index (χ4n) is 2.79. The molecule has 22 heavy (non-hydrogen) atoms. The quantitative estimate of drug-likeness (QED) is 0.278. The molecule has 0 spiro atoms. The van der Waals surface area contributed by atoms with Crippen molar-refractivity contribution in [1.82, 2.24) is 0 Å². The van der Waals surface area contributed by atoms with E-state index in [1.54, 1.807) is 6.08 Å². The average molecular weight is 315 g/mol. The van der Waals surface area contributed by atoms with E-state index in [2.05, 4.69) is 0 Å². The molecule has 0 fully saturated rings. The van der Waals surface area contributed by atoms with Gasteiger partial charge in [0.25, 0.3) is 0 Å². The Labute approximate surface area is 137 Å². The zero-order valence-corrected chi connectivity index (χ0v) is 14.4. The van der Waals surface area contributed by atoms with Crippen molar-refractivity contribution in [3.05, 3.63) is 12.2 Å². The summed E-state index contributed by atoms with van der Waals surface area (Å²) in [5.74, 6) is 0.220. The van der Waals surface area contributed by atoms with Gasteiger partial charge in [0, 0.05) is 13.2 Å². The highest BCUT2D eigenvalue weighted by atomic mass is 16.3. The zero-order valence-electron chi connectivity index (χ0n) is 14.4. The lowest BCUT2D eigenvalue weighted by Gasteiger charge is -2.08. The number of hydrogen-bond donors (Lipinski definition) is 3. The lowest BCUT2D eigenvalue weighted by Crippen LogP contribution is -2.02. The van der Waals surface area contributed by atoms with Gasteiger partial charge in [-0.2, -0.15) is 0 Å². The summed E-state index contributed by atoms with van der Waals surface area (Å²) in [5, 5.41) is 26.6. The molecule has 132 valence electrons. The van der Waals surface area contributed by atoms with E-state index in [4.69, 9.17) is 10.2 Å². The highest BCUT2D eigenvalue weighted by Crippen LogP contribution is 2.15. The Morgan fingerprint density at radius 3 is 1.45 bits per heavy atom. The monoisotopic (exact) mass is 314 g/mol. The van der Waals surface area contributed by atoms with E-state index in [0.29, 0.717) is 6.61 Å². The number of rotatable bonds is 17. The molecule has 0 bridgehead atoms.